The number of hydrogen-bond donors (Lipinski definition) is 0. The molecule has 0 N–H and O–H groups in total. The predicted octanol–water partition coefficient (Wildman–Crippen LogP) is 3.92. The van der Waals surface area contributed by atoms with Crippen LogP contribution in [0, 0.1) is 12.3 Å². The summed E-state index contributed by atoms with van der Waals surface area (Å²) in [7, 11) is -0.968. The van der Waals surface area contributed by atoms with E-state index >= 15 is 0 Å². The Morgan fingerprint density at radius 1 is 1.12 bits per heavy atom. The summed E-state index contributed by atoms with van der Waals surface area (Å²) in [6.45, 7) is 0.404. The van der Waals surface area contributed by atoms with Crippen molar-refractivity contribution in [2.75, 3.05) is 20.7 Å². The molecule has 0 bridgehead atoms. The van der Waals surface area contributed by atoms with Crippen molar-refractivity contribution in [1.29, 1.82) is 0 Å². The van der Waals surface area contributed by atoms with Gasteiger partial charge in [0.05, 0.1) is 13.7 Å². The van der Waals surface area contributed by atoms with Gasteiger partial charge in [0.25, 0.3) is 5.91 Å². The number of benzene rings is 2. The maximum Gasteiger partial charge on any atom is 0.254 e. The molecule has 1 saturated carbocycles. The van der Waals surface area contributed by atoms with Crippen molar-refractivity contribution in [1.82, 2.24) is 9.21 Å². The van der Waals surface area contributed by atoms with Crippen molar-refractivity contribution in [3.05, 3.63) is 59.7 Å². The van der Waals surface area contributed by atoms with Gasteiger partial charge in [0.2, 0.25) is 10.0 Å². The van der Waals surface area contributed by atoms with Crippen molar-refractivity contribution < 1.29 is 17.9 Å². The molecule has 0 saturated heterocycles. The fraction of sp³-hybridized carbons (Fsp3) is 0.400. The predicted molar refractivity (Wildman–Crippen MR) is 125 cm³/mol. The molecule has 1 aliphatic carbocycles. The number of hydrogen-bond acceptors (Lipinski definition) is 4. The van der Waals surface area contributed by atoms with Crippen LogP contribution in [0.1, 0.15) is 48.0 Å². The van der Waals surface area contributed by atoms with Crippen LogP contribution in [0.25, 0.3) is 0 Å². The summed E-state index contributed by atoms with van der Waals surface area (Å²) in [5.41, 5.74) is 1.15. The number of methoxy groups -OCH3 is 1. The second-order valence-electron chi connectivity index (χ2n) is 8.04. The fourth-order valence-electron chi connectivity index (χ4n) is 4.13. The van der Waals surface area contributed by atoms with Crippen molar-refractivity contribution in [3.63, 3.8) is 0 Å². The summed E-state index contributed by atoms with van der Waals surface area (Å²) in [4.78, 5) is 15.0. The van der Waals surface area contributed by atoms with E-state index in [1.165, 1.54) is 30.6 Å². The highest BCUT2D eigenvalue weighted by atomic mass is 32.2. The van der Waals surface area contributed by atoms with E-state index in [9.17, 15) is 13.2 Å². The van der Waals surface area contributed by atoms with Crippen LogP contribution >= 0.6 is 0 Å². The Hall–Kier alpha value is -2.82. The minimum Gasteiger partial charge on any atom is -0.495 e. The molecular formula is C25H30N2O4S. The number of carbonyl (C=O) groups excluding carboxylic acids is 1. The zero-order valence-corrected chi connectivity index (χ0v) is 19.5. The highest BCUT2D eigenvalue weighted by Crippen LogP contribution is 2.30. The number of amides is 1. The Morgan fingerprint density at radius 3 is 2.44 bits per heavy atom. The molecule has 1 amide bonds. The molecule has 32 heavy (non-hydrogen) atoms. The first kappa shape index (κ1) is 23.8. The quantitative estimate of drug-likeness (QED) is 0.567. The van der Waals surface area contributed by atoms with Crippen LogP contribution in [0.15, 0.2) is 53.4 Å². The lowest BCUT2D eigenvalue weighted by molar-refractivity contribution is 0.0667. The lowest BCUT2D eigenvalue weighted by Crippen LogP contribution is -2.41. The average molecular weight is 455 g/mol. The summed E-state index contributed by atoms with van der Waals surface area (Å²) in [5.74, 6) is 2.53. The van der Waals surface area contributed by atoms with Crippen molar-refractivity contribution in [2.24, 2.45) is 0 Å². The molecular weight excluding hydrogens is 424 g/mol. The first-order valence-electron chi connectivity index (χ1n) is 10.8. The molecule has 0 radical (unpaired) electrons. The fourth-order valence-corrected chi connectivity index (χ4v) is 5.46. The van der Waals surface area contributed by atoms with Gasteiger partial charge in [-0.2, -0.15) is 4.31 Å². The maximum absolute atomic E-state index is 13.4. The second kappa shape index (κ2) is 10.7. The number of nitrogens with zero attached hydrogens (tertiary/aromatic N) is 2. The minimum absolute atomic E-state index is 0.0337. The van der Waals surface area contributed by atoms with Crippen LogP contribution in [0.2, 0.25) is 0 Å². The lowest BCUT2D eigenvalue weighted by atomic mass is 9.93. The van der Waals surface area contributed by atoms with Crippen LogP contribution in [0.4, 0.5) is 0 Å². The Morgan fingerprint density at radius 2 is 1.81 bits per heavy atom. The Balaban J connectivity index is 1.93. The zero-order valence-electron chi connectivity index (χ0n) is 18.7. The van der Waals surface area contributed by atoms with Crippen LogP contribution in [-0.4, -0.2) is 50.3 Å². The van der Waals surface area contributed by atoms with E-state index in [0.717, 1.165) is 37.7 Å². The first-order valence-corrected chi connectivity index (χ1v) is 12.2. The van der Waals surface area contributed by atoms with Crippen molar-refractivity contribution >= 4 is 15.9 Å². The average Bonchev–Trinajstić information content (AvgIpc) is 2.82. The highest BCUT2D eigenvalue weighted by Gasteiger charge is 2.29. The second-order valence-corrected chi connectivity index (χ2v) is 10.1. The first-order chi connectivity index (χ1) is 15.4. The molecule has 6 nitrogen and oxygen atoms in total. The molecule has 0 aromatic heterocycles. The third kappa shape index (κ3) is 5.32. The Labute approximate surface area is 191 Å². The van der Waals surface area contributed by atoms with Gasteiger partial charge < -0.3 is 9.64 Å². The summed E-state index contributed by atoms with van der Waals surface area (Å²) >= 11 is 0. The molecule has 1 aliphatic rings. The Kier molecular flexibility index (Phi) is 7.94. The highest BCUT2D eigenvalue weighted by molar-refractivity contribution is 7.89. The molecule has 170 valence electrons. The summed E-state index contributed by atoms with van der Waals surface area (Å²) in [6.07, 6.45) is 10.6. The van der Waals surface area contributed by atoms with Gasteiger partial charge in [-0.25, -0.2) is 8.42 Å². The lowest BCUT2D eigenvalue weighted by Gasteiger charge is -2.33. The van der Waals surface area contributed by atoms with Gasteiger partial charge in [-0.05, 0) is 36.6 Å². The molecule has 7 heteroatoms. The number of carbonyl (C=O) groups is 1. The number of ether oxygens (including phenoxy) is 1. The molecule has 1 fully saturated rings. The maximum atomic E-state index is 13.4. The standard InChI is InChI=1S/C25H30N2O4S/c1-4-17-27(22-13-9-6-10-14-22)25(28)21-15-16-23(31-3)24(18-21)32(29,30)26(2)19-20-11-7-5-8-12-20/h1,5,7-8,11-12,15-16,18,22H,6,9-10,13-14,17,19H2,2-3H3. The summed E-state index contributed by atoms with van der Waals surface area (Å²) < 4.78 is 33.3. The third-order valence-electron chi connectivity index (χ3n) is 5.88. The summed E-state index contributed by atoms with van der Waals surface area (Å²) in [5, 5.41) is 0. The van der Waals surface area contributed by atoms with Gasteiger partial charge in [0, 0.05) is 25.2 Å². The molecule has 0 atom stereocenters. The van der Waals surface area contributed by atoms with Gasteiger partial charge in [0.15, 0.2) is 0 Å². The zero-order chi connectivity index (χ0) is 23.1. The molecule has 0 heterocycles. The van der Waals surface area contributed by atoms with E-state index in [1.807, 2.05) is 30.3 Å². The van der Waals surface area contributed by atoms with Crippen LogP contribution in [-0.2, 0) is 16.6 Å². The van der Waals surface area contributed by atoms with E-state index in [-0.39, 0.29) is 35.7 Å². The number of rotatable bonds is 8. The van der Waals surface area contributed by atoms with Gasteiger partial charge in [0.1, 0.15) is 10.6 Å². The normalized spacial score (nSPS) is 14.7. The van der Waals surface area contributed by atoms with E-state index in [2.05, 4.69) is 5.92 Å². The SMILES string of the molecule is C#CCN(C(=O)c1ccc(OC)c(S(=O)(=O)N(C)Cc2ccccc2)c1)C1CCCCC1. The van der Waals surface area contributed by atoms with E-state index in [0.29, 0.717) is 5.56 Å². The van der Waals surface area contributed by atoms with Crippen LogP contribution < -0.4 is 4.74 Å². The van der Waals surface area contributed by atoms with Crippen molar-refractivity contribution in [2.45, 2.75) is 49.6 Å². The van der Waals surface area contributed by atoms with Crippen molar-refractivity contribution in [3.8, 4) is 18.1 Å². The molecule has 0 spiro atoms. The molecule has 0 unspecified atom stereocenters. The van der Waals surface area contributed by atoms with Gasteiger partial charge in [-0.15, -0.1) is 6.42 Å². The van der Waals surface area contributed by atoms with E-state index in [4.69, 9.17) is 11.2 Å². The Bertz CT molecular complexity index is 1070. The van der Waals surface area contributed by atoms with Gasteiger partial charge in [-0.3, -0.25) is 4.79 Å². The monoisotopic (exact) mass is 454 g/mol. The number of sulfonamides is 1. The third-order valence-corrected chi connectivity index (χ3v) is 7.71. The molecule has 2 aromatic rings. The van der Waals surface area contributed by atoms with Crippen LogP contribution in [0.5, 0.6) is 5.75 Å². The van der Waals surface area contributed by atoms with E-state index in [1.54, 1.807) is 11.0 Å². The summed E-state index contributed by atoms with van der Waals surface area (Å²) in [6, 6.07) is 14.0. The molecule has 0 aliphatic heterocycles. The van der Waals surface area contributed by atoms with Crippen LogP contribution in [0.3, 0.4) is 0 Å². The minimum atomic E-state index is -3.90. The smallest absolute Gasteiger partial charge is 0.254 e. The van der Waals surface area contributed by atoms with E-state index < -0.39 is 10.0 Å². The van der Waals surface area contributed by atoms with Gasteiger partial charge >= 0.3 is 0 Å². The van der Waals surface area contributed by atoms with Gasteiger partial charge in [-0.1, -0.05) is 55.5 Å². The topological polar surface area (TPSA) is 66.9 Å². The molecule has 3 rings (SSSR count). The largest absolute Gasteiger partial charge is 0.495 e. The number of terminal acetylenes is 1. The molecule has 2 aromatic carbocycles.